The number of benzene rings is 1. The predicted molar refractivity (Wildman–Crippen MR) is 82.0 cm³/mol. The quantitative estimate of drug-likeness (QED) is 0.830. The van der Waals surface area contributed by atoms with E-state index >= 15 is 0 Å². The van der Waals surface area contributed by atoms with Crippen molar-refractivity contribution in [2.75, 3.05) is 0 Å². The van der Waals surface area contributed by atoms with Gasteiger partial charge in [-0.1, -0.05) is 37.2 Å². The Balaban J connectivity index is 2.18. The van der Waals surface area contributed by atoms with Crippen LogP contribution in [0, 0.1) is 0 Å². The Morgan fingerprint density at radius 1 is 1.35 bits per heavy atom. The van der Waals surface area contributed by atoms with Crippen LogP contribution in [0.3, 0.4) is 0 Å². The molecule has 2 aromatic rings. The molecule has 0 aliphatic rings. The van der Waals surface area contributed by atoms with Crippen molar-refractivity contribution in [1.29, 1.82) is 0 Å². The van der Waals surface area contributed by atoms with E-state index in [0.29, 0.717) is 5.16 Å². The number of rotatable bonds is 5. The maximum atomic E-state index is 11.6. The minimum Gasteiger partial charge on any atom is -0.324 e. The van der Waals surface area contributed by atoms with E-state index in [1.807, 2.05) is 31.2 Å². The summed E-state index contributed by atoms with van der Waals surface area (Å²) in [6, 6.07) is 9.58. The Kier molecular flexibility index (Phi) is 4.98. The van der Waals surface area contributed by atoms with Crippen molar-refractivity contribution in [1.82, 2.24) is 9.97 Å². The first-order valence-corrected chi connectivity index (χ1v) is 7.53. The zero-order chi connectivity index (χ0) is 14.5. The van der Waals surface area contributed by atoms with Crippen LogP contribution >= 0.6 is 11.8 Å². The summed E-state index contributed by atoms with van der Waals surface area (Å²) in [7, 11) is 0. The van der Waals surface area contributed by atoms with Gasteiger partial charge in [0.1, 0.15) is 0 Å². The summed E-state index contributed by atoms with van der Waals surface area (Å²) in [6.45, 7) is 4.03. The van der Waals surface area contributed by atoms with Gasteiger partial charge in [-0.05, 0) is 31.0 Å². The lowest BCUT2D eigenvalue weighted by Crippen LogP contribution is -2.09. The van der Waals surface area contributed by atoms with Gasteiger partial charge in [-0.15, -0.1) is 0 Å². The lowest BCUT2D eigenvalue weighted by molar-refractivity contribution is 0.813. The third-order valence-electron chi connectivity index (χ3n) is 2.90. The van der Waals surface area contributed by atoms with Crippen LogP contribution in [0.4, 0.5) is 0 Å². The van der Waals surface area contributed by atoms with E-state index in [0.717, 1.165) is 29.0 Å². The van der Waals surface area contributed by atoms with Crippen LogP contribution in [0.5, 0.6) is 0 Å². The third kappa shape index (κ3) is 3.95. The van der Waals surface area contributed by atoms with Crippen molar-refractivity contribution in [3.8, 4) is 0 Å². The molecule has 4 nitrogen and oxygen atoms in total. The van der Waals surface area contributed by atoms with E-state index in [9.17, 15) is 4.79 Å². The fraction of sp³-hybridized carbons (Fsp3) is 0.333. The maximum absolute atomic E-state index is 11.6. The zero-order valence-corrected chi connectivity index (χ0v) is 12.5. The fourth-order valence-corrected chi connectivity index (χ4v) is 2.68. The largest absolute Gasteiger partial charge is 0.324 e. The highest BCUT2D eigenvalue weighted by Crippen LogP contribution is 2.25. The van der Waals surface area contributed by atoms with Crippen LogP contribution < -0.4 is 11.3 Å². The topological polar surface area (TPSA) is 71.8 Å². The molecule has 0 saturated carbocycles. The van der Waals surface area contributed by atoms with Gasteiger partial charge in [0, 0.05) is 22.7 Å². The van der Waals surface area contributed by atoms with Gasteiger partial charge in [0.15, 0.2) is 5.16 Å². The Morgan fingerprint density at radius 3 is 2.65 bits per heavy atom. The van der Waals surface area contributed by atoms with Gasteiger partial charge in [0.05, 0.1) is 0 Å². The number of aryl methyl sites for hydroxylation is 1. The number of nitrogens with two attached hydrogens (primary N) is 1. The minimum absolute atomic E-state index is 0.0277. The Bertz CT molecular complexity index is 620. The van der Waals surface area contributed by atoms with E-state index in [2.05, 4.69) is 16.9 Å². The molecular formula is C15H19N3OS. The molecule has 0 aliphatic carbocycles. The number of aromatic amines is 1. The lowest BCUT2D eigenvalue weighted by Gasteiger charge is -2.07. The average Bonchev–Trinajstić information content (AvgIpc) is 2.39. The van der Waals surface area contributed by atoms with Crippen LogP contribution in [0.15, 0.2) is 45.2 Å². The van der Waals surface area contributed by atoms with Gasteiger partial charge >= 0.3 is 0 Å². The summed E-state index contributed by atoms with van der Waals surface area (Å²) in [5, 5.41) is 0.634. The number of nitrogens with one attached hydrogen (secondary N) is 1. The molecule has 0 fully saturated rings. The molecule has 3 N–H and O–H groups in total. The van der Waals surface area contributed by atoms with E-state index in [-0.39, 0.29) is 11.6 Å². The van der Waals surface area contributed by atoms with E-state index in [1.54, 1.807) is 6.07 Å². The first-order chi connectivity index (χ1) is 9.58. The smallest absolute Gasteiger partial charge is 0.251 e. The molecule has 0 radical (unpaired) electrons. The second kappa shape index (κ2) is 6.72. The normalized spacial score (nSPS) is 12.3. The van der Waals surface area contributed by atoms with Gasteiger partial charge in [0.2, 0.25) is 0 Å². The van der Waals surface area contributed by atoms with E-state index in [1.165, 1.54) is 11.8 Å². The molecule has 0 saturated heterocycles. The van der Waals surface area contributed by atoms with Crippen molar-refractivity contribution < 1.29 is 0 Å². The molecule has 1 aromatic carbocycles. The van der Waals surface area contributed by atoms with Crippen LogP contribution in [0.2, 0.25) is 0 Å². The highest BCUT2D eigenvalue weighted by Gasteiger charge is 2.04. The molecule has 2 rings (SSSR count). The number of hydrogen-bond acceptors (Lipinski definition) is 4. The fourth-order valence-electron chi connectivity index (χ4n) is 1.87. The lowest BCUT2D eigenvalue weighted by atomic mass is 10.1. The van der Waals surface area contributed by atoms with Crippen LogP contribution in [-0.2, 0) is 6.42 Å². The monoisotopic (exact) mass is 289 g/mol. The van der Waals surface area contributed by atoms with Crippen molar-refractivity contribution in [2.24, 2.45) is 5.73 Å². The molecule has 1 atom stereocenters. The highest BCUT2D eigenvalue weighted by atomic mass is 32.2. The summed E-state index contributed by atoms with van der Waals surface area (Å²) in [6.07, 6.45) is 1.80. The van der Waals surface area contributed by atoms with Crippen molar-refractivity contribution in [3.63, 3.8) is 0 Å². The molecule has 0 aliphatic heterocycles. The number of hydrogen-bond donors (Lipinski definition) is 2. The van der Waals surface area contributed by atoms with Gasteiger partial charge in [-0.3, -0.25) is 4.79 Å². The Labute approximate surface area is 122 Å². The zero-order valence-electron chi connectivity index (χ0n) is 11.7. The summed E-state index contributed by atoms with van der Waals surface area (Å²) in [5.41, 5.74) is 7.66. The third-order valence-corrected chi connectivity index (χ3v) is 3.79. The van der Waals surface area contributed by atoms with Crippen molar-refractivity contribution in [3.05, 3.63) is 51.9 Å². The second-order valence-corrected chi connectivity index (χ2v) is 5.81. The molecule has 5 heteroatoms. The highest BCUT2D eigenvalue weighted by molar-refractivity contribution is 7.99. The molecule has 1 unspecified atom stereocenters. The van der Waals surface area contributed by atoms with Gasteiger partial charge < -0.3 is 10.7 Å². The van der Waals surface area contributed by atoms with Crippen LogP contribution in [0.25, 0.3) is 0 Å². The van der Waals surface area contributed by atoms with Gasteiger partial charge in [-0.2, -0.15) is 0 Å². The number of H-pyrrole nitrogens is 1. The number of aromatic nitrogens is 2. The standard InChI is InChI=1S/C15H19N3OS/c1-3-4-12-9-14(19)18-15(17-12)20-13-7-5-11(6-8-13)10(2)16/h5-10H,3-4,16H2,1-2H3,(H,17,18,19). The van der Waals surface area contributed by atoms with Crippen molar-refractivity contribution in [2.45, 2.75) is 42.8 Å². The minimum atomic E-state index is -0.0989. The molecule has 20 heavy (non-hydrogen) atoms. The van der Waals surface area contributed by atoms with Gasteiger partial charge in [0.25, 0.3) is 5.56 Å². The molecule has 0 amide bonds. The summed E-state index contributed by atoms with van der Waals surface area (Å²) >= 11 is 1.45. The SMILES string of the molecule is CCCc1cc(=O)[nH]c(Sc2ccc(C(C)N)cc2)n1. The average molecular weight is 289 g/mol. The molecule has 0 spiro atoms. The molecule has 0 bridgehead atoms. The molecule has 1 aromatic heterocycles. The first-order valence-electron chi connectivity index (χ1n) is 6.72. The summed E-state index contributed by atoms with van der Waals surface area (Å²) in [4.78, 5) is 19.9. The Morgan fingerprint density at radius 2 is 2.05 bits per heavy atom. The van der Waals surface area contributed by atoms with Crippen molar-refractivity contribution >= 4 is 11.8 Å². The molecule has 106 valence electrons. The predicted octanol–water partition coefficient (Wildman–Crippen LogP) is 2.89. The summed E-state index contributed by atoms with van der Waals surface area (Å²) in [5.74, 6) is 0. The molecule has 1 heterocycles. The summed E-state index contributed by atoms with van der Waals surface area (Å²) < 4.78 is 0. The van der Waals surface area contributed by atoms with E-state index < -0.39 is 0 Å². The second-order valence-electron chi connectivity index (χ2n) is 4.75. The maximum Gasteiger partial charge on any atom is 0.251 e. The Hall–Kier alpha value is -1.59. The first kappa shape index (κ1) is 14.8. The molecular weight excluding hydrogens is 270 g/mol. The number of nitrogens with zero attached hydrogens (tertiary/aromatic N) is 1. The van der Waals surface area contributed by atoms with Gasteiger partial charge in [-0.25, -0.2) is 4.98 Å². The van der Waals surface area contributed by atoms with Crippen LogP contribution in [-0.4, -0.2) is 9.97 Å². The van der Waals surface area contributed by atoms with Crippen LogP contribution in [0.1, 0.15) is 37.6 Å². The van der Waals surface area contributed by atoms with E-state index in [4.69, 9.17) is 5.73 Å².